The van der Waals surface area contributed by atoms with Crippen molar-refractivity contribution in [3.05, 3.63) is 0 Å². The molecule has 0 spiro atoms. The molecule has 0 bridgehead atoms. The van der Waals surface area contributed by atoms with Gasteiger partial charge in [-0.2, -0.15) is 0 Å². The van der Waals surface area contributed by atoms with Gasteiger partial charge in [-0.15, -0.1) is 12.4 Å². The number of carbonyl (C=O) groups is 1. The fourth-order valence-electron chi connectivity index (χ4n) is 0.246. The molecule has 0 rings (SSSR count). The second-order valence-electron chi connectivity index (χ2n) is 1.34. The van der Waals surface area contributed by atoms with Crippen molar-refractivity contribution in [2.45, 2.75) is 20.3 Å². The number of carbonyl (C=O) groups excluding carboxylic acids is 1. The monoisotopic (exact) mass is 154 g/mol. The van der Waals surface area contributed by atoms with Crippen LogP contribution in [0.15, 0.2) is 0 Å². The van der Waals surface area contributed by atoms with Crippen molar-refractivity contribution in [1.29, 1.82) is 0 Å². The minimum atomic E-state index is 0. The van der Waals surface area contributed by atoms with Gasteiger partial charge in [0.15, 0.2) is 5.12 Å². The van der Waals surface area contributed by atoms with Crippen molar-refractivity contribution in [1.82, 2.24) is 0 Å². The Labute approximate surface area is 60.6 Å². The summed E-state index contributed by atoms with van der Waals surface area (Å²) in [5, 5.41) is 0.224. The van der Waals surface area contributed by atoms with Crippen LogP contribution >= 0.6 is 24.2 Å². The predicted octanol–water partition coefficient (Wildman–Crippen LogP) is 2.10. The van der Waals surface area contributed by atoms with Crippen LogP contribution in [0.1, 0.15) is 20.3 Å². The first-order valence-corrected chi connectivity index (χ1v) is 3.39. The second-order valence-corrected chi connectivity index (χ2v) is 2.61. The highest BCUT2D eigenvalue weighted by Crippen LogP contribution is 2.00. The number of rotatable bonds is 2. The molecule has 0 heterocycles. The molecular formula is C5H11ClOS. The van der Waals surface area contributed by atoms with Crippen LogP contribution in [-0.2, 0) is 4.79 Å². The standard InChI is InChI=1S/C5H10OS.ClH/c1-3-4-7-5(2)6;/h3-4H2,1-2H3;1H. The summed E-state index contributed by atoms with van der Waals surface area (Å²) in [4.78, 5) is 10.2. The summed E-state index contributed by atoms with van der Waals surface area (Å²) in [7, 11) is 0. The largest absolute Gasteiger partial charge is 0.288 e. The Morgan fingerprint density at radius 3 is 2.25 bits per heavy atom. The lowest BCUT2D eigenvalue weighted by Gasteiger charge is -1.86. The van der Waals surface area contributed by atoms with E-state index in [0.29, 0.717) is 0 Å². The molecule has 0 aromatic heterocycles. The molecule has 0 saturated heterocycles. The Bertz CT molecular complexity index is 65.4. The fraction of sp³-hybridized carbons (Fsp3) is 0.800. The first-order valence-electron chi connectivity index (χ1n) is 2.40. The maximum Gasteiger partial charge on any atom is 0.185 e. The van der Waals surface area contributed by atoms with E-state index in [-0.39, 0.29) is 17.5 Å². The van der Waals surface area contributed by atoms with Gasteiger partial charge in [0.05, 0.1) is 0 Å². The Morgan fingerprint density at radius 2 is 2.12 bits per heavy atom. The average molecular weight is 155 g/mol. The minimum Gasteiger partial charge on any atom is -0.288 e. The second kappa shape index (κ2) is 7.31. The lowest BCUT2D eigenvalue weighted by molar-refractivity contribution is -0.109. The van der Waals surface area contributed by atoms with E-state index >= 15 is 0 Å². The van der Waals surface area contributed by atoms with E-state index in [0.717, 1.165) is 12.2 Å². The van der Waals surface area contributed by atoms with Crippen molar-refractivity contribution in [2.24, 2.45) is 0 Å². The van der Waals surface area contributed by atoms with Crippen molar-refractivity contribution in [3.8, 4) is 0 Å². The highest BCUT2D eigenvalue weighted by Gasteiger charge is 1.87. The van der Waals surface area contributed by atoms with Gasteiger partial charge in [-0.1, -0.05) is 18.7 Å². The van der Waals surface area contributed by atoms with Crippen LogP contribution in [0.3, 0.4) is 0 Å². The summed E-state index contributed by atoms with van der Waals surface area (Å²) in [5.74, 6) is 0.968. The molecule has 50 valence electrons. The molecule has 0 unspecified atom stereocenters. The predicted molar refractivity (Wildman–Crippen MR) is 40.7 cm³/mol. The maximum absolute atomic E-state index is 10.2. The average Bonchev–Trinajstić information content (AvgIpc) is 1.61. The third kappa shape index (κ3) is 9.58. The molecular weight excluding hydrogens is 144 g/mol. The molecule has 0 aliphatic carbocycles. The van der Waals surface area contributed by atoms with Crippen LogP contribution in [0.5, 0.6) is 0 Å². The van der Waals surface area contributed by atoms with E-state index in [1.165, 1.54) is 11.8 Å². The summed E-state index contributed by atoms with van der Waals surface area (Å²) >= 11 is 1.39. The van der Waals surface area contributed by atoms with Crippen molar-refractivity contribution >= 4 is 29.3 Å². The summed E-state index contributed by atoms with van der Waals surface area (Å²) in [5.41, 5.74) is 0. The summed E-state index contributed by atoms with van der Waals surface area (Å²) in [6.45, 7) is 3.66. The molecule has 3 heteroatoms. The molecule has 0 aliphatic heterocycles. The van der Waals surface area contributed by atoms with Crippen LogP contribution in [-0.4, -0.2) is 10.9 Å². The third-order valence-electron chi connectivity index (χ3n) is 0.509. The first-order chi connectivity index (χ1) is 3.27. The molecule has 0 aliphatic rings. The van der Waals surface area contributed by atoms with Gasteiger partial charge in [-0.25, -0.2) is 0 Å². The smallest absolute Gasteiger partial charge is 0.185 e. The van der Waals surface area contributed by atoms with Crippen molar-refractivity contribution in [2.75, 3.05) is 5.75 Å². The van der Waals surface area contributed by atoms with E-state index in [2.05, 4.69) is 6.92 Å². The van der Waals surface area contributed by atoms with E-state index in [9.17, 15) is 4.79 Å². The number of halogens is 1. The lowest BCUT2D eigenvalue weighted by atomic mass is 10.6. The zero-order chi connectivity index (χ0) is 5.70. The van der Waals surface area contributed by atoms with Gasteiger partial charge in [0.2, 0.25) is 0 Å². The topological polar surface area (TPSA) is 17.1 Å². The van der Waals surface area contributed by atoms with Gasteiger partial charge in [-0.3, -0.25) is 4.79 Å². The molecule has 8 heavy (non-hydrogen) atoms. The van der Waals surface area contributed by atoms with Crippen LogP contribution < -0.4 is 0 Å². The summed E-state index contributed by atoms with van der Waals surface area (Å²) in [6.07, 6.45) is 1.09. The van der Waals surface area contributed by atoms with Gasteiger partial charge < -0.3 is 0 Å². The van der Waals surface area contributed by atoms with Gasteiger partial charge in [0, 0.05) is 12.7 Å². The Hall–Kier alpha value is 0.310. The Kier molecular flexibility index (Phi) is 10.2. The number of thioether (sulfide) groups is 1. The molecule has 0 fully saturated rings. The Morgan fingerprint density at radius 1 is 1.62 bits per heavy atom. The maximum atomic E-state index is 10.2. The van der Waals surface area contributed by atoms with Crippen LogP contribution in [0.25, 0.3) is 0 Å². The zero-order valence-corrected chi connectivity index (χ0v) is 6.77. The number of hydrogen-bond donors (Lipinski definition) is 0. The third-order valence-corrected chi connectivity index (χ3v) is 1.53. The highest BCUT2D eigenvalue weighted by molar-refractivity contribution is 8.13. The van der Waals surface area contributed by atoms with E-state index in [1.807, 2.05) is 0 Å². The van der Waals surface area contributed by atoms with Crippen LogP contribution in [0.4, 0.5) is 0 Å². The van der Waals surface area contributed by atoms with Gasteiger partial charge >= 0.3 is 0 Å². The van der Waals surface area contributed by atoms with E-state index < -0.39 is 0 Å². The molecule has 0 N–H and O–H groups in total. The normalized spacial score (nSPS) is 7.75. The lowest BCUT2D eigenvalue weighted by Crippen LogP contribution is -1.81. The molecule has 0 aromatic carbocycles. The van der Waals surface area contributed by atoms with Crippen molar-refractivity contribution in [3.63, 3.8) is 0 Å². The van der Waals surface area contributed by atoms with Crippen molar-refractivity contribution < 1.29 is 4.79 Å². The summed E-state index contributed by atoms with van der Waals surface area (Å²) in [6, 6.07) is 0. The fourth-order valence-corrected chi connectivity index (χ4v) is 0.737. The molecule has 0 saturated carbocycles. The summed E-state index contributed by atoms with van der Waals surface area (Å²) < 4.78 is 0. The van der Waals surface area contributed by atoms with Gasteiger partial charge in [0.25, 0.3) is 0 Å². The highest BCUT2D eigenvalue weighted by atomic mass is 35.5. The van der Waals surface area contributed by atoms with Gasteiger partial charge in [-0.05, 0) is 6.42 Å². The number of hydrogen-bond acceptors (Lipinski definition) is 2. The van der Waals surface area contributed by atoms with E-state index in [1.54, 1.807) is 6.92 Å². The van der Waals surface area contributed by atoms with E-state index in [4.69, 9.17) is 0 Å². The molecule has 0 atom stereocenters. The molecule has 0 amide bonds. The molecule has 0 aromatic rings. The molecule has 0 radical (unpaired) electrons. The van der Waals surface area contributed by atoms with Crippen LogP contribution in [0, 0.1) is 0 Å². The molecule has 1 nitrogen and oxygen atoms in total. The quantitative estimate of drug-likeness (QED) is 0.606. The first kappa shape index (κ1) is 11.2. The SMILES string of the molecule is CCCSC(C)=O.Cl. The minimum absolute atomic E-state index is 0. The Balaban J connectivity index is 0. The van der Waals surface area contributed by atoms with Gasteiger partial charge in [0.1, 0.15) is 0 Å². The zero-order valence-electron chi connectivity index (χ0n) is 5.14. The van der Waals surface area contributed by atoms with Crippen LogP contribution in [0.2, 0.25) is 0 Å².